The Bertz CT molecular complexity index is 603. The van der Waals surface area contributed by atoms with Crippen LogP contribution in [0, 0.1) is 0 Å². The number of amides is 1. The highest BCUT2D eigenvalue weighted by Gasteiger charge is 2.20. The van der Waals surface area contributed by atoms with Gasteiger partial charge in [-0.25, -0.2) is 8.42 Å². The first-order valence-corrected chi connectivity index (χ1v) is 8.95. The summed E-state index contributed by atoms with van der Waals surface area (Å²) in [6, 6.07) is 6.52. The molecule has 1 rings (SSSR count). The van der Waals surface area contributed by atoms with Gasteiger partial charge in [0.25, 0.3) is 0 Å². The van der Waals surface area contributed by atoms with Crippen LogP contribution in [-0.4, -0.2) is 38.3 Å². The van der Waals surface area contributed by atoms with Crippen LogP contribution in [-0.2, 0) is 14.8 Å². The van der Waals surface area contributed by atoms with E-state index in [4.69, 9.17) is 0 Å². The molecule has 0 atom stereocenters. The van der Waals surface area contributed by atoms with Crippen molar-refractivity contribution in [2.75, 3.05) is 19.6 Å². The molecule has 0 aliphatic heterocycles. The van der Waals surface area contributed by atoms with Crippen molar-refractivity contribution in [3.05, 3.63) is 35.9 Å². The number of carbonyl (C=O) groups excluding carboxylic acids is 1. The lowest BCUT2D eigenvalue weighted by Gasteiger charge is -2.18. The van der Waals surface area contributed by atoms with E-state index in [1.54, 1.807) is 30.3 Å². The van der Waals surface area contributed by atoms with Crippen molar-refractivity contribution in [1.29, 1.82) is 0 Å². The molecule has 5 nitrogen and oxygen atoms in total. The molecule has 22 heavy (non-hydrogen) atoms. The number of sulfonamides is 1. The van der Waals surface area contributed by atoms with E-state index in [0.29, 0.717) is 19.6 Å². The van der Waals surface area contributed by atoms with Gasteiger partial charge < -0.3 is 5.32 Å². The van der Waals surface area contributed by atoms with E-state index in [0.717, 1.165) is 12.0 Å². The van der Waals surface area contributed by atoms with Crippen LogP contribution in [0.4, 0.5) is 0 Å². The molecule has 0 saturated carbocycles. The minimum atomic E-state index is -3.43. The van der Waals surface area contributed by atoms with Crippen LogP contribution in [0.25, 0.3) is 6.08 Å². The Labute approximate surface area is 133 Å². The van der Waals surface area contributed by atoms with E-state index >= 15 is 0 Å². The minimum absolute atomic E-state index is 0.151. The lowest BCUT2D eigenvalue weighted by molar-refractivity contribution is -0.116. The summed E-state index contributed by atoms with van der Waals surface area (Å²) < 4.78 is 26.1. The van der Waals surface area contributed by atoms with Crippen molar-refractivity contribution in [1.82, 2.24) is 9.62 Å². The van der Waals surface area contributed by atoms with Crippen LogP contribution in [0.15, 0.2) is 35.2 Å². The van der Waals surface area contributed by atoms with E-state index in [-0.39, 0.29) is 10.8 Å². The number of carbonyl (C=O) groups is 1. The minimum Gasteiger partial charge on any atom is -0.353 e. The fourth-order valence-corrected chi connectivity index (χ4v) is 3.40. The third-order valence-corrected chi connectivity index (χ3v) is 5.26. The maximum Gasteiger partial charge on any atom is 0.243 e. The topological polar surface area (TPSA) is 66.5 Å². The Morgan fingerprint density at radius 3 is 2.23 bits per heavy atom. The molecule has 0 fully saturated rings. The van der Waals surface area contributed by atoms with Crippen molar-refractivity contribution in [2.24, 2.45) is 0 Å². The van der Waals surface area contributed by atoms with Crippen LogP contribution in [0.5, 0.6) is 0 Å². The van der Waals surface area contributed by atoms with E-state index in [2.05, 4.69) is 5.32 Å². The van der Waals surface area contributed by atoms with Gasteiger partial charge >= 0.3 is 0 Å². The molecule has 1 amide bonds. The van der Waals surface area contributed by atoms with Gasteiger partial charge in [-0.05, 0) is 30.2 Å². The molecular weight excluding hydrogens is 300 g/mol. The smallest absolute Gasteiger partial charge is 0.243 e. The monoisotopic (exact) mass is 324 g/mol. The van der Waals surface area contributed by atoms with Crippen molar-refractivity contribution in [2.45, 2.75) is 32.1 Å². The number of nitrogens with one attached hydrogen (secondary N) is 1. The van der Waals surface area contributed by atoms with E-state index in [9.17, 15) is 13.2 Å². The van der Waals surface area contributed by atoms with Crippen molar-refractivity contribution in [3.63, 3.8) is 0 Å². The average molecular weight is 324 g/mol. The van der Waals surface area contributed by atoms with Gasteiger partial charge in [0, 0.05) is 25.7 Å². The van der Waals surface area contributed by atoms with Crippen LogP contribution < -0.4 is 5.32 Å². The van der Waals surface area contributed by atoms with E-state index < -0.39 is 10.0 Å². The summed E-state index contributed by atoms with van der Waals surface area (Å²) >= 11 is 0. The van der Waals surface area contributed by atoms with Gasteiger partial charge in [0.05, 0.1) is 4.90 Å². The second kappa shape index (κ2) is 8.70. The molecule has 6 heteroatoms. The summed E-state index contributed by atoms with van der Waals surface area (Å²) in [5.74, 6) is -0.151. The molecule has 0 aromatic heterocycles. The van der Waals surface area contributed by atoms with Gasteiger partial charge in [0.2, 0.25) is 15.9 Å². The Balaban J connectivity index is 2.83. The third-order valence-electron chi connectivity index (χ3n) is 3.20. The fraction of sp³-hybridized carbons (Fsp3) is 0.438. The predicted molar refractivity (Wildman–Crippen MR) is 88.9 cm³/mol. The SMILES string of the molecule is CCCNC(=O)/C=C/c1ccc(S(=O)(=O)N(CC)CC)cc1. The molecule has 0 bridgehead atoms. The zero-order valence-electron chi connectivity index (χ0n) is 13.4. The summed E-state index contributed by atoms with van der Waals surface area (Å²) in [5.41, 5.74) is 0.783. The summed E-state index contributed by atoms with van der Waals surface area (Å²) in [6.45, 7) is 7.14. The highest BCUT2D eigenvalue weighted by Crippen LogP contribution is 2.16. The van der Waals surface area contributed by atoms with Gasteiger partial charge in [0.1, 0.15) is 0 Å². The molecule has 0 unspecified atom stereocenters. The van der Waals surface area contributed by atoms with Crippen molar-refractivity contribution in [3.8, 4) is 0 Å². The maximum absolute atomic E-state index is 12.3. The predicted octanol–water partition coefficient (Wildman–Crippen LogP) is 2.26. The molecule has 0 spiro atoms. The molecular formula is C16H24N2O3S. The molecule has 0 saturated heterocycles. The van der Waals surface area contributed by atoms with Crippen LogP contribution >= 0.6 is 0 Å². The highest BCUT2D eigenvalue weighted by molar-refractivity contribution is 7.89. The number of rotatable bonds is 8. The first-order valence-electron chi connectivity index (χ1n) is 7.51. The van der Waals surface area contributed by atoms with Crippen molar-refractivity contribution < 1.29 is 13.2 Å². The zero-order chi connectivity index (χ0) is 16.6. The van der Waals surface area contributed by atoms with Crippen molar-refractivity contribution >= 4 is 22.0 Å². The molecule has 1 aromatic rings. The Hall–Kier alpha value is -1.66. The molecule has 0 radical (unpaired) electrons. The van der Waals surface area contributed by atoms with Crippen LogP contribution in [0.2, 0.25) is 0 Å². The molecule has 0 heterocycles. The second-order valence-corrected chi connectivity index (χ2v) is 6.72. The first kappa shape index (κ1) is 18.4. The van der Waals surface area contributed by atoms with Gasteiger partial charge in [-0.15, -0.1) is 0 Å². The molecule has 0 aliphatic rings. The summed E-state index contributed by atoms with van der Waals surface area (Å²) in [5, 5.41) is 2.74. The number of hydrogen-bond acceptors (Lipinski definition) is 3. The van der Waals surface area contributed by atoms with E-state index in [1.807, 2.05) is 20.8 Å². The number of benzene rings is 1. The normalized spacial score (nSPS) is 12.0. The first-order chi connectivity index (χ1) is 10.5. The molecule has 1 aromatic carbocycles. The summed E-state index contributed by atoms with van der Waals surface area (Å²) in [7, 11) is -3.43. The fourth-order valence-electron chi connectivity index (χ4n) is 1.94. The lowest BCUT2D eigenvalue weighted by Crippen LogP contribution is -2.30. The Kier molecular flexibility index (Phi) is 7.27. The quantitative estimate of drug-likeness (QED) is 0.746. The Morgan fingerprint density at radius 2 is 1.73 bits per heavy atom. The number of hydrogen-bond donors (Lipinski definition) is 1. The number of nitrogens with zero attached hydrogens (tertiary/aromatic N) is 1. The van der Waals surface area contributed by atoms with Crippen LogP contribution in [0.1, 0.15) is 32.8 Å². The lowest BCUT2D eigenvalue weighted by atomic mass is 10.2. The summed E-state index contributed by atoms with van der Waals surface area (Å²) in [6.07, 6.45) is 4.00. The van der Waals surface area contributed by atoms with Crippen LogP contribution in [0.3, 0.4) is 0 Å². The van der Waals surface area contributed by atoms with Gasteiger partial charge in [-0.3, -0.25) is 4.79 Å². The average Bonchev–Trinajstić information content (AvgIpc) is 2.52. The van der Waals surface area contributed by atoms with Gasteiger partial charge in [0.15, 0.2) is 0 Å². The zero-order valence-corrected chi connectivity index (χ0v) is 14.2. The van der Waals surface area contributed by atoms with Gasteiger partial charge in [-0.2, -0.15) is 4.31 Å². The third kappa shape index (κ3) is 4.96. The standard InChI is InChI=1S/C16H24N2O3S/c1-4-13-17-16(19)12-9-14-7-10-15(11-8-14)22(20,21)18(5-2)6-3/h7-12H,4-6,13H2,1-3H3,(H,17,19)/b12-9+. The van der Waals surface area contributed by atoms with Gasteiger partial charge in [-0.1, -0.05) is 32.9 Å². The molecule has 122 valence electrons. The Morgan fingerprint density at radius 1 is 1.14 bits per heavy atom. The summed E-state index contributed by atoms with van der Waals surface area (Å²) in [4.78, 5) is 11.7. The highest BCUT2D eigenvalue weighted by atomic mass is 32.2. The maximum atomic E-state index is 12.3. The molecule has 1 N–H and O–H groups in total. The van der Waals surface area contributed by atoms with E-state index in [1.165, 1.54) is 10.4 Å². The molecule has 0 aliphatic carbocycles. The largest absolute Gasteiger partial charge is 0.353 e. The second-order valence-electron chi connectivity index (χ2n) is 4.78.